The van der Waals surface area contributed by atoms with E-state index in [0.717, 1.165) is 48.8 Å². The lowest BCUT2D eigenvalue weighted by molar-refractivity contribution is 0.300. The molecule has 0 amide bonds. The van der Waals surface area contributed by atoms with Crippen molar-refractivity contribution >= 4 is 11.8 Å². The molecule has 0 radical (unpaired) electrons. The van der Waals surface area contributed by atoms with Gasteiger partial charge in [-0.2, -0.15) is 4.98 Å². The van der Waals surface area contributed by atoms with Gasteiger partial charge in [0.15, 0.2) is 0 Å². The number of aromatic nitrogens is 2. The van der Waals surface area contributed by atoms with Crippen LogP contribution < -0.4 is 10.6 Å². The maximum atomic E-state index is 4.54. The molecule has 1 fully saturated rings. The first-order valence-corrected chi connectivity index (χ1v) is 8.00. The standard InChI is InChI=1S/C16H28N4/c1-4-9-17-16-19-13(3)10-15(20-16)18-11-14-7-5-12(2)6-8-14/h10,12,14H,4-9,11H2,1-3H3,(H2,17,18,19,20). The summed E-state index contributed by atoms with van der Waals surface area (Å²) in [7, 11) is 0. The lowest BCUT2D eigenvalue weighted by Crippen LogP contribution is -2.20. The Kier molecular flexibility index (Phi) is 5.62. The number of rotatable bonds is 6. The van der Waals surface area contributed by atoms with Gasteiger partial charge in [-0.1, -0.05) is 26.7 Å². The van der Waals surface area contributed by atoms with Crippen LogP contribution in [-0.2, 0) is 0 Å². The first-order valence-electron chi connectivity index (χ1n) is 8.00. The Bertz CT molecular complexity index is 411. The molecule has 1 aliphatic rings. The van der Waals surface area contributed by atoms with Crippen LogP contribution in [0.15, 0.2) is 6.07 Å². The van der Waals surface area contributed by atoms with Crippen molar-refractivity contribution in [2.75, 3.05) is 23.7 Å². The molecule has 0 spiro atoms. The summed E-state index contributed by atoms with van der Waals surface area (Å²) in [5.74, 6) is 3.41. The Morgan fingerprint density at radius 3 is 2.60 bits per heavy atom. The molecule has 1 aromatic rings. The lowest BCUT2D eigenvalue weighted by atomic mass is 9.83. The third kappa shape index (κ3) is 4.66. The fourth-order valence-corrected chi connectivity index (χ4v) is 2.76. The molecule has 20 heavy (non-hydrogen) atoms. The summed E-state index contributed by atoms with van der Waals surface area (Å²) in [5, 5.41) is 6.75. The summed E-state index contributed by atoms with van der Waals surface area (Å²) in [4.78, 5) is 8.95. The molecule has 2 N–H and O–H groups in total. The van der Waals surface area contributed by atoms with Crippen molar-refractivity contribution in [2.45, 2.75) is 52.9 Å². The minimum atomic E-state index is 0.742. The van der Waals surface area contributed by atoms with E-state index in [0.29, 0.717) is 0 Å². The second kappa shape index (κ2) is 7.46. The average Bonchev–Trinajstić information content (AvgIpc) is 2.44. The summed E-state index contributed by atoms with van der Waals surface area (Å²) in [6, 6.07) is 2.03. The first kappa shape index (κ1) is 15.1. The van der Waals surface area contributed by atoms with Crippen LogP contribution in [0.25, 0.3) is 0 Å². The van der Waals surface area contributed by atoms with Crippen molar-refractivity contribution < 1.29 is 0 Å². The molecule has 4 heteroatoms. The van der Waals surface area contributed by atoms with E-state index in [1.165, 1.54) is 25.7 Å². The van der Waals surface area contributed by atoms with Gasteiger partial charge in [-0.15, -0.1) is 0 Å². The molecule has 0 aromatic carbocycles. The SMILES string of the molecule is CCCNc1nc(C)cc(NCC2CCC(C)CC2)n1. The lowest BCUT2D eigenvalue weighted by Gasteiger charge is -2.26. The van der Waals surface area contributed by atoms with Crippen LogP contribution in [0, 0.1) is 18.8 Å². The van der Waals surface area contributed by atoms with Gasteiger partial charge in [-0.3, -0.25) is 0 Å². The van der Waals surface area contributed by atoms with Crippen LogP contribution in [-0.4, -0.2) is 23.1 Å². The van der Waals surface area contributed by atoms with E-state index < -0.39 is 0 Å². The minimum absolute atomic E-state index is 0.742. The fraction of sp³-hybridized carbons (Fsp3) is 0.750. The van der Waals surface area contributed by atoms with Crippen molar-refractivity contribution in [3.05, 3.63) is 11.8 Å². The summed E-state index contributed by atoms with van der Waals surface area (Å²) in [6.45, 7) is 8.49. The molecular weight excluding hydrogens is 248 g/mol. The molecule has 0 unspecified atom stereocenters. The maximum Gasteiger partial charge on any atom is 0.224 e. The zero-order valence-electron chi connectivity index (χ0n) is 13.1. The summed E-state index contributed by atoms with van der Waals surface area (Å²) < 4.78 is 0. The summed E-state index contributed by atoms with van der Waals surface area (Å²) in [6.07, 6.45) is 6.52. The van der Waals surface area contributed by atoms with Crippen molar-refractivity contribution in [1.29, 1.82) is 0 Å². The number of nitrogens with one attached hydrogen (secondary N) is 2. The van der Waals surface area contributed by atoms with Crippen molar-refractivity contribution in [2.24, 2.45) is 11.8 Å². The molecule has 1 saturated carbocycles. The first-order chi connectivity index (χ1) is 9.67. The van der Waals surface area contributed by atoms with Gasteiger partial charge in [0.25, 0.3) is 0 Å². The van der Waals surface area contributed by atoms with Gasteiger partial charge in [-0.25, -0.2) is 4.98 Å². The van der Waals surface area contributed by atoms with Crippen LogP contribution in [0.4, 0.5) is 11.8 Å². The topological polar surface area (TPSA) is 49.8 Å². The van der Waals surface area contributed by atoms with Gasteiger partial charge < -0.3 is 10.6 Å². The Morgan fingerprint density at radius 2 is 1.90 bits per heavy atom. The second-order valence-corrected chi connectivity index (χ2v) is 6.15. The molecule has 0 bridgehead atoms. The van der Waals surface area contributed by atoms with Gasteiger partial charge in [0.2, 0.25) is 5.95 Å². The van der Waals surface area contributed by atoms with E-state index in [4.69, 9.17) is 0 Å². The number of nitrogens with zero attached hydrogens (tertiary/aromatic N) is 2. The number of aryl methyl sites for hydroxylation is 1. The van der Waals surface area contributed by atoms with E-state index in [1.807, 2.05) is 13.0 Å². The molecule has 0 saturated heterocycles. The molecule has 0 atom stereocenters. The van der Waals surface area contributed by atoms with Crippen molar-refractivity contribution in [3.8, 4) is 0 Å². The largest absolute Gasteiger partial charge is 0.370 e. The van der Waals surface area contributed by atoms with Gasteiger partial charge in [-0.05, 0) is 38.0 Å². The molecule has 1 heterocycles. The maximum absolute atomic E-state index is 4.54. The van der Waals surface area contributed by atoms with Gasteiger partial charge in [0.1, 0.15) is 5.82 Å². The Morgan fingerprint density at radius 1 is 1.15 bits per heavy atom. The predicted octanol–water partition coefficient (Wildman–Crippen LogP) is 3.85. The third-order valence-electron chi connectivity index (χ3n) is 4.09. The molecule has 2 rings (SSSR count). The van der Waals surface area contributed by atoms with Crippen LogP contribution in [0.1, 0.15) is 51.6 Å². The monoisotopic (exact) mass is 276 g/mol. The Hall–Kier alpha value is -1.32. The van der Waals surface area contributed by atoms with Crippen LogP contribution in [0.3, 0.4) is 0 Å². The van der Waals surface area contributed by atoms with Gasteiger partial charge >= 0.3 is 0 Å². The third-order valence-corrected chi connectivity index (χ3v) is 4.09. The van der Waals surface area contributed by atoms with Gasteiger partial charge in [0, 0.05) is 24.8 Å². The van der Waals surface area contributed by atoms with Crippen LogP contribution in [0.5, 0.6) is 0 Å². The molecule has 4 nitrogen and oxygen atoms in total. The minimum Gasteiger partial charge on any atom is -0.370 e. The van der Waals surface area contributed by atoms with Crippen molar-refractivity contribution in [3.63, 3.8) is 0 Å². The normalized spacial score (nSPS) is 22.6. The molecule has 112 valence electrons. The van der Waals surface area contributed by atoms with E-state index in [2.05, 4.69) is 34.4 Å². The summed E-state index contributed by atoms with van der Waals surface area (Å²) >= 11 is 0. The van der Waals surface area contributed by atoms with Crippen LogP contribution >= 0.6 is 0 Å². The Labute approximate surface area is 122 Å². The van der Waals surface area contributed by atoms with Gasteiger partial charge in [0.05, 0.1) is 0 Å². The molecule has 0 aliphatic heterocycles. The zero-order valence-corrected chi connectivity index (χ0v) is 13.1. The quantitative estimate of drug-likeness (QED) is 0.828. The number of hydrogen-bond donors (Lipinski definition) is 2. The second-order valence-electron chi connectivity index (χ2n) is 6.15. The van der Waals surface area contributed by atoms with E-state index in [1.54, 1.807) is 0 Å². The highest BCUT2D eigenvalue weighted by atomic mass is 15.1. The predicted molar refractivity (Wildman–Crippen MR) is 85.2 cm³/mol. The zero-order chi connectivity index (χ0) is 14.4. The fourth-order valence-electron chi connectivity index (χ4n) is 2.76. The Balaban J connectivity index is 1.87. The molecule has 1 aromatic heterocycles. The average molecular weight is 276 g/mol. The highest BCUT2D eigenvalue weighted by Crippen LogP contribution is 2.28. The molecule has 1 aliphatic carbocycles. The number of anilines is 2. The van der Waals surface area contributed by atoms with E-state index in [9.17, 15) is 0 Å². The van der Waals surface area contributed by atoms with E-state index in [-0.39, 0.29) is 0 Å². The van der Waals surface area contributed by atoms with Crippen LogP contribution in [0.2, 0.25) is 0 Å². The smallest absolute Gasteiger partial charge is 0.224 e. The highest BCUT2D eigenvalue weighted by molar-refractivity contribution is 5.42. The van der Waals surface area contributed by atoms with E-state index >= 15 is 0 Å². The molecular formula is C16H28N4. The number of hydrogen-bond acceptors (Lipinski definition) is 4. The highest BCUT2D eigenvalue weighted by Gasteiger charge is 2.18. The summed E-state index contributed by atoms with van der Waals surface area (Å²) in [5.41, 5.74) is 1.01. The van der Waals surface area contributed by atoms with Crippen molar-refractivity contribution in [1.82, 2.24) is 9.97 Å².